The first-order valence-electron chi connectivity index (χ1n) is 11.0. The van der Waals surface area contributed by atoms with Crippen molar-refractivity contribution in [2.45, 2.75) is 49.8 Å². The lowest BCUT2D eigenvalue weighted by atomic mass is 9.80. The van der Waals surface area contributed by atoms with Crippen LogP contribution in [0.4, 0.5) is 0 Å². The molecule has 166 valence electrons. The average molecular weight is 433 g/mol. The van der Waals surface area contributed by atoms with E-state index in [0.717, 1.165) is 16.7 Å². The molecule has 3 aromatic carbocycles. The lowest BCUT2D eigenvalue weighted by molar-refractivity contribution is -0.223. The van der Waals surface area contributed by atoms with Crippen LogP contribution in [0.25, 0.3) is 0 Å². The largest absolute Gasteiger partial charge is 0.387 e. The maximum Gasteiger partial charge on any atom is 0.190 e. The average Bonchev–Trinajstić information content (AvgIpc) is 3.28. The van der Waals surface area contributed by atoms with Gasteiger partial charge < -0.3 is 24.1 Å². The van der Waals surface area contributed by atoms with Gasteiger partial charge in [-0.25, -0.2) is 0 Å². The molecular formula is C27H28O5. The first-order chi connectivity index (χ1) is 15.5. The highest BCUT2D eigenvalue weighted by molar-refractivity contribution is 5.47. The zero-order valence-corrected chi connectivity index (χ0v) is 18.3. The van der Waals surface area contributed by atoms with Gasteiger partial charge in [-0.3, -0.25) is 0 Å². The molecule has 0 bridgehead atoms. The van der Waals surface area contributed by atoms with Crippen LogP contribution in [0.1, 0.15) is 30.5 Å². The van der Waals surface area contributed by atoms with Gasteiger partial charge in [0.25, 0.3) is 0 Å². The Morgan fingerprint density at radius 1 is 0.781 bits per heavy atom. The van der Waals surface area contributed by atoms with Gasteiger partial charge in [-0.1, -0.05) is 91.0 Å². The molecule has 0 radical (unpaired) electrons. The molecule has 0 unspecified atom stereocenters. The summed E-state index contributed by atoms with van der Waals surface area (Å²) in [5.41, 5.74) is 2.13. The van der Waals surface area contributed by atoms with Gasteiger partial charge in [0.15, 0.2) is 12.1 Å². The molecule has 2 fully saturated rings. The third-order valence-electron chi connectivity index (χ3n) is 6.12. The van der Waals surface area contributed by atoms with Crippen LogP contribution < -0.4 is 0 Å². The zero-order chi connectivity index (χ0) is 22.2. The number of aliphatic hydroxyl groups is 1. The molecule has 2 aliphatic heterocycles. The van der Waals surface area contributed by atoms with Crippen LogP contribution in [0.15, 0.2) is 91.0 Å². The summed E-state index contributed by atoms with van der Waals surface area (Å²) >= 11 is 0. The second-order valence-corrected chi connectivity index (χ2v) is 8.72. The lowest BCUT2D eigenvalue weighted by Gasteiger charge is -2.37. The minimum Gasteiger partial charge on any atom is -0.387 e. The summed E-state index contributed by atoms with van der Waals surface area (Å²) in [7, 11) is 0. The van der Waals surface area contributed by atoms with Crippen molar-refractivity contribution in [3.05, 3.63) is 108 Å². The Morgan fingerprint density at radius 2 is 1.25 bits per heavy atom. The first-order valence-corrected chi connectivity index (χ1v) is 11.0. The first kappa shape index (κ1) is 21.3. The highest BCUT2D eigenvalue weighted by atomic mass is 16.8. The predicted octanol–water partition coefficient (Wildman–Crippen LogP) is 4.23. The molecule has 0 aliphatic carbocycles. The van der Waals surface area contributed by atoms with Gasteiger partial charge in [0.1, 0.15) is 23.9 Å². The third-order valence-corrected chi connectivity index (χ3v) is 6.12. The van der Waals surface area contributed by atoms with Gasteiger partial charge in [-0.2, -0.15) is 0 Å². The Hall–Kier alpha value is -2.54. The molecule has 0 aromatic heterocycles. The van der Waals surface area contributed by atoms with Gasteiger partial charge in [0.2, 0.25) is 0 Å². The van der Waals surface area contributed by atoms with Crippen LogP contribution in [0.5, 0.6) is 0 Å². The highest BCUT2D eigenvalue weighted by Crippen LogP contribution is 2.42. The van der Waals surface area contributed by atoms with Crippen LogP contribution in [-0.4, -0.2) is 42.1 Å². The molecule has 5 rings (SSSR count). The molecule has 5 heteroatoms. The minimum atomic E-state index is -0.869. The van der Waals surface area contributed by atoms with Crippen molar-refractivity contribution in [3.63, 3.8) is 0 Å². The fraction of sp³-hybridized carbons (Fsp3) is 0.333. The van der Waals surface area contributed by atoms with E-state index in [2.05, 4.69) is 36.4 Å². The molecule has 0 amide bonds. The van der Waals surface area contributed by atoms with Crippen molar-refractivity contribution >= 4 is 0 Å². The van der Waals surface area contributed by atoms with E-state index < -0.39 is 36.0 Å². The molecule has 0 saturated carbocycles. The SMILES string of the molecule is CC1(C)O[C@H]2O[C@H](COC(c3ccccc3)(c3ccccc3)c3ccccc3)[C@@H](O)[C@H]2O1. The highest BCUT2D eigenvalue weighted by Gasteiger charge is 2.54. The van der Waals surface area contributed by atoms with Crippen molar-refractivity contribution in [1.29, 1.82) is 0 Å². The van der Waals surface area contributed by atoms with E-state index >= 15 is 0 Å². The van der Waals surface area contributed by atoms with E-state index in [1.165, 1.54) is 0 Å². The van der Waals surface area contributed by atoms with Crippen LogP contribution >= 0.6 is 0 Å². The van der Waals surface area contributed by atoms with E-state index in [-0.39, 0.29) is 6.61 Å². The smallest absolute Gasteiger partial charge is 0.190 e. The van der Waals surface area contributed by atoms with E-state index in [4.69, 9.17) is 18.9 Å². The predicted molar refractivity (Wildman–Crippen MR) is 120 cm³/mol. The van der Waals surface area contributed by atoms with Gasteiger partial charge in [0.05, 0.1) is 6.61 Å². The van der Waals surface area contributed by atoms with E-state index in [1.807, 2.05) is 68.4 Å². The fourth-order valence-electron chi connectivity index (χ4n) is 4.67. The molecule has 5 nitrogen and oxygen atoms in total. The third kappa shape index (κ3) is 3.76. The van der Waals surface area contributed by atoms with E-state index in [1.54, 1.807) is 0 Å². The molecule has 3 aromatic rings. The van der Waals surface area contributed by atoms with Crippen molar-refractivity contribution in [2.24, 2.45) is 0 Å². The minimum absolute atomic E-state index is 0.167. The van der Waals surface area contributed by atoms with Crippen molar-refractivity contribution in [2.75, 3.05) is 6.61 Å². The topological polar surface area (TPSA) is 57.2 Å². The van der Waals surface area contributed by atoms with Gasteiger partial charge in [-0.15, -0.1) is 0 Å². The number of ether oxygens (including phenoxy) is 4. The number of aliphatic hydroxyl groups excluding tert-OH is 1. The summed E-state index contributed by atoms with van der Waals surface area (Å²) in [5.74, 6) is -0.774. The number of hydrogen-bond acceptors (Lipinski definition) is 5. The number of rotatable bonds is 6. The quantitative estimate of drug-likeness (QED) is 0.591. The van der Waals surface area contributed by atoms with Gasteiger partial charge >= 0.3 is 0 Å². The van der Waals surface area contributed by atoms with Crippen LogP contribution in [0.3, 0.4) is 0 Å². The fourth-order valence-corrected chi connectivity index (χ4v) is 4.67. The number of benzene rings is 3. The van der Waals surface area contributed by atoms with E-state index in [9.17, 15) is 5.11 Å². The van der Waals surface area contributed by atoms with Crippen LogP contribution in [-0.2, 0) is 24.5 Å². The van der Waals surface area contributed by atoms with Crippen LogP contribution in [0.2, 0.25) is 0 Å². The molecule has 4 atom stereocenters. The Bertz CT molecular complexity index is 925. The molecule has 0 spiro atoms. The maximum atomic E-state index is 10.9. The Balaban J connectivity index is 1.51. The molecule has 2 heterocycles. The normalized spacial score (nSPS) is 26.7. The Kier molecular flexibility index (Phi) is 5.61. The summed E-state index contributed by atoms with van der Waals surface area (Å²) in [6.07, 6.45) is -2.55. The Labute approximate surface area is 188 Å². The van der Waals surface area contributed by atoms with Gasteiger partial charge in [0, 0.05) is 0 Å². The molecule has 2 aliphatic rings. The van der Waals surface area contributed by atoms with Crippen molar-refractivity contribution in [3.8, 4) is 0 Å². The zero-order valence-electron chi connectivity index (χ0n) is 18.3. The van der Waals surface area contributed by atoms with E-state index in [0.29, 0.717) is 0 Å². The molecule has 2 saturated heterocycles. The summed E-state index contributed by atoms with van der Waals surface area (Å²) in [6.45, 7) is 3.80. The van der Waals surface area contributed by atoms with Gasteiger partial charge in [-0.05, 0) is 30.5 Å². The number of hydrogen-bond donors (Lipinski definition) is 1. The summed E-state index contributed by atoms with van der Waals surface area (Å²) in [6, 6.07) is 30.4. The summed E-state index contributed by atoms with van der Waals surface area (Å²) in [4.78, 5) is 0. The lowest BCUT2D eigenvalue weighted by Crippen LogP contribution is -2.40. The Morgan fingerprint density at radius 3 is 1.69 bits per heavy atom. The summed E-state index contributed by atoms with van der Waals surface area (Å²) in [5, 5.41) is 10.9. The summed E-state index contributed by atoms with van der Waals surface area (Å²) < 4.78 is 24.4. The molecule has 32 heavy (non-hydrogen) atoms. The second-order valence-electron chi connectivity index (χ2n) is 8.72. The standard InChI is InChI=1S/C27H28O5/c1-26(2)31-24-23(28)22(30-25(24)32-26)18-29-27(19-12-6-3-7-13-19,20-14-8-4-9-15-20)21-16-10-5-11-17-21/h3-17,22-25,28H,18H2,1-2H3/t22-,23-,24-,25-/m1/s1. The van der Waals surface area contributed by atoms with Crippen LogP contribution in [0, 0.1) is 0 Å². The second kappa shape index (κ2) is 8.43. The van der Waals surface area contributed by atoms with Crippen molar-refractivity contribution < 1.29 is 24.1 Å². The molecule has 1 N–H and O–H groups in total. The molecular weight excluding hydrogens is 404 g/mol. The number of fused-ring (bicyclic) bond motifs is 1. The monoisotopic (exact) mass is 432 g/mol. The van der Waals surface area contributed by atoms with Crippen molar-refractivity contribution in [1.82, 2.24) is 0 Å². The maximum absolute atomic E-state index is 10.9.